The van der Waals surface area contributed by atoms with Crippen molar-refractivity contribution in [3.05, 3.63) is 82.7 Å². The minimum Gasteiger partial charge on any atom is -0.206 e. The molecular formula is C28H30FN. The van der Waals surface area contributed by atoms with E-state index in [0.717, 1.165) is 0 Å². The minimum atomic E-state index is -0.513. The summed E-state index contributed by atoms with van der Waals surface area (Å²) in [5.74, 6) is 6.68. The topological polar surface area (TPSA) is 23.8 Å². The van der Waals surface area contributed by atoms with Crippen LogP contribution in [-0.4, -0.2) is 0 Å². The van der Waals surface area contributed by atoms with Gasteiger partial charge in [-0.1, -0.05) is 61.9 Å². The highest BCUT2D eigenvalue weighted by Gasteiger charge is 2.20. The van der Waals surface area contributed by atoms with Crippen LogP contribution in [0.3, 0.4) is 0 Å². The van der Waals surface area contributed by atoms with E-state index in [2.05, 4.69) is 49.1 Å². The van der Waals surface area contributed by atoms with Crippen LogP contribution in [0.2, 0.25) is 0 Å². The molecule has 1 aliphatic carbocycles. The lowest BCUT2D eigenvalue weighted by atomic mass is 9.78. The van der Waals surface area contributed by atoms with Gasteiger partial charge in [0.1, 0.15) is 11.9 Å². The summed E-state index contributed by atoms with van der Waals surface area (Å²) in [6, 6.07) is 15.6. The summed E-state index contributed by atoms with van der Waals surface area (Å²) in [5.41, 5.74) is 3.60. The van der Waals surface area contributed by atoms with Gasteiger partial charge in [0.05, 0.1) is 5.56 Å². The van der Waals surface area contributed by atoms with Gasteiger partial charge in [0.25, 0.3) is 0 Å². The Bertz CT molecular complexity index is 945. The van der Waals surface area contributed by atoms with E-state index in [1.165, 1.54) is 74.6 Å². The Labute approximate surface area is 180 Å². The Balaban J connectivity index is 1.47. The van der Waals surface area contributed by atoms with Crippen LogP contribution in [0.25, 0.3) is 0 Å². The van der Waals surface area contributed by atoms with Crippen molar-refractivity contribution in [2.75, 3.05) is 0 Å². The van der Waals surface area contributed by atoms with E-state index >= 15 is 0 Å². The van der Waals surface area contributed by atoms with Crippen molar-refractivity contribution >= 4 is 0 Å². The first-order chi connectivity index (χ1) is 14.7. The highest BCUT2D eigenvalue weighted by atomic mass is 19.1. The fraction of sp³-hybridized carbons (Fsp3) is 0.393. The molecule has 0 spiro atoms. The highest BCUT2D eigenvalue weighted by Crippen LogP contribution is 2.36. The Morgan fingerprint density at radius 2 is 1.80 bits per heavy atom. The molecule has 0 amide bonds. The molecule has 0 heterocycles. The molecule has 1 aliphatic rings. The number of nitrogens with zero attached hydrogens (tertiary/aromatic N) is 1. The second-order valence-electron chi connectivity index (χ2n) is 8.25. The average Bonchev–Trinajstić information content (AvgIpc) is 2.78. The maximum Gasteiger partial charge on any atom is 0.142 e. The van der Waals surface area contributed by atoms with E-state index in [9.17, 15) is 4.39 Å². The lowest BCUT2D eigenvalue weighted by Crippen LogP contribution is -2.11. The average molecular weight is 400 g/mol. The quantitative estimate of drug-likeness (QED) is 0.369. The van der Waals surface area contributed by atoms with Crippen LogP contribution in [0, 0.1) is 34.9 Å². The zero-order valence-corrected chi connectivity index (χ0v) is 17.8. The third kappa shape index (κ3) is 6.33. The molecule has 1 fully saturated rings. The number of benzene rings is 2. The summed E-state index contributed by atoms with van der Waals surface area (Å²) in [4.78, 5) is 0. The summed E-state index contributed by atoms with van der Waals surface area (Å²) in [5, 5.41) is 8.77. The van der Waals surface area contributed by atoms with E-state index in [0.29, 0.717) is 17.4 Å². The maximum absolute atomic E-state index is 13.6. The molecule has 1 saturated carbocycles. The molecule has 0 aromatic heterocycles. The van der Waals surface area contributed by atoms with E-state index in [4.69, 9.17) is 5.26 Å². The van der Waals surface area contributed by atoms with Gasteiger partial charge >= 0.3 is 0 Å². The monoisotopic (exact) mass is 399 g/mol. The fourth-order valence-electron chi connectivity index (χ4n) is 4.17. The van der Waals surface area contributed by atoms with Crippen LogP contribution in [0.5, 0.6) is 0 Å². The van der Waals surface area contributed by atoms with Crippen molar-refractivity contribution in [1.29, 1.82) is 5.26 Å². The number of allylic oxidation sites excluding steroid dienone is 2. The van der Waals surface area contributed by atoms with Gasteiger partial charge < -0.3 is 0 Å². The fourth-order valence-corrected chi connectivity index (χ4v) is 4.17. The normalized spacial score (nSPS) is 18.6. The number of unbranched alkanes of at least 4 members (excludes halogenated alkanes) is 2. The molecule has 30 heavy (non-hydrogen) atoms. The first kappa shape index (κ1) is 21.9. The number of hydrogen-bond donors (Lipinski definition) is 0. The largest absolute Gasteiger partial charge is 0.206 e. The van der Waals surface area contributed by atoms with Gasteiger partial charge in [-0.3, -0.25) is 0 Å². The number of aryl methyl sites for hydroxylation is 1. The molecule has 0 bridgehead atoms. The second-order valence-corrected chi connectivity index (χ2v) is 8.25. The van der Waals surface area contributed by atoms with Gasteiger partial charge in [-0.2, -0.15) is 5.26 Å². The summed E-state index contributed by atoms with van der Waals surface area (Å²) in [7, 11) is 0. The van der Waals surface area contributed by atoms with Crippen molar-refractivity contribution in [3.63, 3.8) is 0 Å². The van der Waals surface area contributed by atoms with Gasteiger partial charge in [-0.05, 0) is 85.8 Å². The van der Waals surface area contributed by atoms with E-state index in [1.807, 2.05) is 12.1 Å². The minimum absolute atomic E-state index is 0.0546. The Morgan fingerprint density at radius 1 is 1.03 bits per heavy atom. The summed E-state index contributed by atoms with van der Waals surface area (Å²) >= 11 is 0. The molecule has 3 rings (SSSR count). The molecule has 0 atom stereocenters. The molecular weight excluding hydrogens is 369 g/mol. The summed E-state index contributed by atoms with van der Waals surface area (Å²) in [6.07, 6.45) is 14.0. The van der Waals surface area contributed by atoms with Crippen molar-refractivity contribution < 1.29 is 4.39 Å². The molecule has 0 saturated heterocycles. The van der Waals surface area contributed by atoms with Crippen LogP contribution in [0.4, 0.5) is 4.39 Å². The number of hydrogen-bond acceptors (Lipinski definition) is 1. The van der Waals surface area contributed by atoms with Crippen molar-refractivity contribution in [2.45, 2.75) is 64.2 Å². The molecule has 154 valence electrons. The van der Waals surface area contributed by atoms with Crippen molar-refractivity contribution in [2.24, 2.45) is 5.92 Å². The van der Waals surface area contributed by atoms with Crippen LogP contribution in [0.15, 0.2) is 54.6 Å². The summed E-state index contributed by atoms with van der Waals surface area (Å²) < 4.78 is 13.6. The molecule has 2 heteroatoms. The summed E-state index contributed by atoms with van der Waals surface area (Å²) in [6.45, 7) is 2.25. The standard InChI is InChI=1S/C28H30FN/c1-2-3-4-7-22-10-15-25(16-11-22)26-17-12-23(13-18-26)8-5-6-9-24-14-19-27(21-30)28(29)20-24/h5,8,10-11,14-16,19-20,23,26H,2-4,7,12-13,17-18H2,1H3/b8-5+/t23-,26-. The molecule has 2 aromatic carbocycles. The van der Waals surface area contributed by atoms with Crippen molar-refractivity contribution in [1.82, 2.24) is 0 Å². The number of nitriles is 1. The van der Waals surface area contributed by atoms with Gasteiger partial charge in [0, 0.05) is 5.56 Å². The Kier molecular flexibility index (Phi) is 8.29. The number of halogens is 1. The third-order valence-corrected chi connectivity index (χ3v) is 6.05. The number of rotatable bonds is 6. The predicted octanol–water partition coefficient (Wildman–Crippen LogP) is 7.31. The molecule has 0 radical (unpaired) electrons. The Morgan fingerprint density at radius 3 is 2.47 bits per heavy atom. The van der Waals surface area contributed by atoms with Crippen molar-refractivity contribution in [3.8, 4) is 17.9 Å². The highest BCUT2D eigenvalue weighted by molar-refractivity contribution is 5.42. The first-order valence-electron chi connectivity index (χ1n) is 11.2. The van der Waals surface area contributed by atoms with Gasteiger partial charge in [0.2, 0.25) is 0 Å². The molecule has 0 unspecified atom stereocenters. The molecule has 0 aliphatic heterocycles. The third-order valence-electron chi connectivity index (χ3n) is 6.05. The van der Waals surface area contributed by atoms with E-state index < -0.39 is 5.82 Å². The molecule has 2 aromatic rings. The van der Waals surface area contributed by atoms with Gasteiger partial charge in [-0.15, -0.1) is 0 Å². The van der Waals surface area contributed by atoms with Gasteiger partial charge in [-0.25, -0.2) is 4.39 Å². The zero-order chi connectivity index (χ0) is 21.2. The lowest BCUT2D eigenvalue weighted by molar-refractivity contribution is 0.376. The maximum atomic E-state index is 13.6. The zero-order valence-electron chi connectivity index (χ0n) is 17.8. The van der Waals surface area contributed by atoms with Crippen LogP contribution < -0.4 is 0 Å². The van der Waals surface area contributed by atoms with Crippen LogP contribution >= 0.6 is 0 Å². The lowest BCUT2D eigenvalue weighted by Gasteiger charge is -2.27. The van der Waals surface area contributed by atoms with Gasteiger partial charge in [0.15, 0.2) is 0 Å². The van der Waals surface area contributed by atoms with E-state index in [1.54, 1.807) is 6.07 Å². The SMILES string of the molecule is CCCCCc1ccc([C@H]2CC[C@H](/C=C/C#Cc3ccc(C#N)c(F)c3)CC2)cc1. The molecule has 1 nitrogen and oxygen atoms in total. The Hall–Kier alpha value is -2.84. The van der Waals surface area contributed by atoms with Crippen LogP contribution in [-0.2, 0) is 6.42 Å². The van der Waals surface area contributed by atoms with Crippen LogP contribution in [0.1, 0.15) is 80.0 Å². The molecule has 0 N–H and O–H groups in total. The predicted molar refractivity (Wildman–Crippen MR) is 122 cm³/mol. The first-order valence-corrected chi connectivity index (χ1v) is 11.2. The van der Waals surface area contributed by atoms with E-state index in [-0.39, 0.29) is 5.56 Å². The smallest absolute Gasteiger partial charge is 0.142 e. The second kappa shape index (κ2) is 11.4.